The molecule has 0 spiro atoms. The molecule has 5 heteroatoms. The monoisotopic (exact) mass is 308 g/mol. The highest BCUT2D eigenvalue weighted by atomic mass is 16.5. The fraction of sp³-hybridized carbons (Fsp3) is 0.389. The largest absolute Gasteiger partial charge is 0.369 e. The number of nitriles is 1. The van der Waals surface area contributed by atoms with Crippen molar-refractivity contribution in [2.24, 2.45) is 0 Å². The van der Waals surface area contributed by atoms with E-state index >= 15 is 0 Å². The van der Waals surface area contributed by atoms with Gasteiger partial charge in [0.15, 0.2) is 5.49 Å². The number of rotatable bonds is 2. The van der Waals surface area contributed by atoms with Crippen molar-refractivity contribution in [1.29, 1.82) is 10.7 Å². The van der Waals surface area contributed by atoms with Crippen molar-refractivity contribution < 1.29 is 4.74 Å². The van der Waals surface area contributed by atoms with E-state index in [0.29, 0.717) is 18.6 Å². The summed E-state index contributed by atoms with van der Waals surface area (Å²) in [7, 11) is 0. The Morgan fingerprint density at radius 3 is 2.91 bits per heavy atom. The number of hydrogen-bond donors (Lipinski definition) is 1. The number of hydrogen-bond acceptors (Lipinski definition) is 4. The summed E-state index contributed by atoms with van der Waals surface area (Å²) in [6, 6.07) is 10.1. The Morgan fingerprint density at radius 2 is 2.22 bits per heavy atom. The van der Waals surface area contributed by atoms with Crippen molar-refractivity contribution in [3.05, 3.63) is 52.1 Å². The first-order valence-electron chi connectivity index (χ1n) is 7.78. The lowest BCUT2D eigenvalue weighted by Crippen LogP contribution is -2.37. The molecule has 118 valence electrons. The van der Waals surface area contributed by atoms with Crippen LogP contribution < -0.4 is 5.49 Å². The Hall–Kier alpha value is -2.45. The van der Waals surface area contributed by atoms with Crippen LogP contribution in [0.5, 0.6) is 0 Å². The van der Waals surface area contributed by atoms with Crippen molar-refractivity contribution in [2.45, 2.75) is 45.8 Å². The Labute approximate surface area is 135 Å². The summed E-state index contributed by atoms with van der Waals surface area (Å²) in [5.74, 6) is 0. The van der Waals surface area contributed by atoms with E-state index < -0.39 is 0 Å². The van der Waals surface area contributed by atoms with E-state index in [1.807, 2.05) is 38.1 Å². The molecule has 0 saturated heterocycles. The minimum atomic E-state index is -0.332. The summed E-state index contributed by atoms with van der Waals surface area (Å²) < 4.78 is 7.36. The molecule has 5 nitrogen and oxygen atoms in total. The number of benzene rings is 1. The fourth-order valence-corrected chi connectivity index (χ4v) is 2.89. The number of aryl methyl sites for hydroxylation is 1. The molecule has 0 bridgehead atoms. The molecule has 0 amide bonds. The summed E-state index contributed by atoms with van der Waals surface area (Å²) in [6.45, 7) is 6.44. The summed E-state index contributed by atoms with van der Waals surface area (Å²) in [5.41, 5.74) is 3.77. The lowest BCUT2D eigenvalue weighted by Gasteiger charge is -2.31. The molecular weight excluding hydrogens is 288 g/mol. The normalized spacial score (nSPS) is 15.7. The number of aromatic nitrogens is 2. The van der Waals surface area contributed by atoms with Crippen molar-refractivity contribution in [1.82, 2.24) is 9.78 Å². The van der Waals surface area contributed by atoms with E-state index in [9.17, 15) is 5.26 Å². The van der Waals surface area contributed by atoms with Gasteiger partial charge >= 0.3 is 0 Å². The summed E-state index contributed by atoms with van der Waals surface area (Å²) in [5, 5.41) is 22.6. The van der Waals surface area contributed by atoms with Gasteiger partial charge in [-0.25, -0.2) is 4.68 Å². The maximum absolute atomic E-state index is 9.56. The molecule has 0 unspecified atom stereocenters. The maximum Gasteiger partial charge on any atom is 0.164 e. The first kappa shape index (κ1) is 15.4. The molecule has 3 rings (SSSR count). The van der Waals surface area contributed by atoms with Crippen molar-refractivity contribution in [2.75, 3.05) is 0 Å². The summed E-state index contributed by atoms with van der Waals surface area (Å²) in [4.78, 5) is 0. The van der Waals surface area contributed by atoms with E-state index in [1.54, 1.807) is 0 Å². The molecule has 0 aliphatic carbocycles. The zero-order valence-corrected chi connectivity index (χ0v) is 13.7. The van der Waals surface area contributed by atoms with Crippen LogP contribution in [0.2, 0.25) is 0 Å². The summed E-state index contributed by atoms with van der Waals surface area (Å²) in [6.07, 6.45) is 1.51. The molecule has 0 saturated carbocycles. The predicted molar refractivity (Wildman–Crippen MR) is 86.1 cm³/mol. The van der Waals surface area contributed by atoms with Crippen LogP contribution in [0.15, 0.2) is 24.3 Å². The molecule has 0 radical (unpaired) electrons. The zero-order chi connectivity index (χ0) is 16.6. The van der Waals surface area contributed by atoms with Crippen LogP contribution in [-0.4, -0.2) is 15.4 Å². The minimum absolute atomic E-state index is 0.136. The number of nitrogens with one attached hydrogen (secondary N) is 1. The summed E-state index contributed by atoms with van der Waals surface area (Å²) >= 11 is 0. The standard InChI is InChI=1S/C18H20N4O/c1-4-12-6-5-7-13(8-12)22-17(20)15(10-19)14-9-18(2,3)23-11-16(14)21-22/h5-8,20H,4,9,11H2,1-3H3. The third-order valence-electron chi connectivity index (χ3n) is 4.20. The molecule has 2 heterocycles. The van der Waals surface area contributed by atoms with Gasteiger partial charge in [0.2, 0.25) is 0 Å². The lowest BCUT2D eigenvalue weighted by molar-refractivity contribution is -0.0428. The minimum Gasteiger partial charge on any atom is -0.369 e. The van der Waals surface area contributed by atoms with Gasteiger partial charge in [0.05, 0.1) is 23.6 Å². The Bertz CT molecular complexity index is 858. The zero-order valence-electron chi connectivity index (χ0n) is 13.7. The van der Waals surface area contributed by atoms with Crippen LogP contribution in [0.1, 0.15) is 43.2 Å². The van der Waals surface area contributed by atoms with Gasteiger partial charge in [-0.15, -0.1) is 0 Å². The van der Waals surface area contributed by atoms with Crippen LogP contribution in [0.25, 0.3) is 5.69 Å². The van der Waals surface area contributed by atoms with Crippen molar-refractivity contribution in [3.63, 3.8) is 0 Å². The van der Waals surface area contributed by atoms with Gasteiger partial charge in [-0.1, -0.05) is 19.1 Å². The molecule has 1 aromatic heterocycles. The van der Waals surface area contributed by atoms with Gasteiger partial charge in [0.1, 0.15) is 11.6 Å². The molecule has 1 aromatic carbocycles. The number of fused-ring (bicyclic) bond motifs is 1. The highest BCUT2D eigenvalue weighted by molar-refractivity contribution is 5.42. The molecule has 0 atom stereocenters. The quantitative estimate of drug-likeness (QED) is 0.926. The van der Waals surface area contributed by atoms with E-state index in [2.05, 4.69) is 18.1 Å². The Kier molecular flexibility index (Phi) is 3.78. The third kappa shape index (κ3) is 2.78. The predicted octanol–water partition coefficient (Wildman–Crippen LogP) is 2.64. The molecule has 1 N–H and O–H groups in total. The Morgan fingerprint density at radius 1 is 1.43 bits per heavy atom. The second-order valence-electron chi connectivity index (χ2n) is 6.42. The number of nitrogens with zero attached hydrogens (tertiary/aromatic N) is 3. The second kappa shape index (κ2) is 5.64. The maximum atomic E-state index is 9.56. The van der Waals surface area contributed by atoms with Gasteiger partial charge in [-0.05, 0) is 38.0 Å². The average Bonchev–Trinajstić information content (AvgIpc) is 2.54. The lowest BCUT2D eigenvalue weighted by atomic mass is 9.92. The fourth-order valence-electron chi connectivity index (χ4n) is 2.89. The van der Waals surface area contributed by atoms with Crippen molar-refractivity contribution >= 4 is 0 Å². The first-order valence-corrected chi connectivity index (χ1v) is 7.78. The van der Waals surface area contributed by atoms with Crippen molar-refractivity contribution in [3.8, 4) is 11.8 Å². The van der Waals surface area contributed by atoms with E-state index in [1.165, 1.54) is 10.2 Å². The molecule has 2 aromatic rings. The van der Waals surface area contributed by atoms with Gasteiger partial charge in [0.25, 0.3) is 0 Å². The van der Waals surface area contributed by atoms with Crippen LogP contribution in [0.4, 0.5) is 0 Å². The molecule has 1 aliphatic rings. The molecule has 23 heavy (non-hydrogen) atoms. The SMILES string of the molecule is CCc1cccc(-n2nc3c(c(C#N)c2=N)CC(C)(C)OC3)c1. The van der Waals surface area contributed by atoms with Gasteiger partial charge in [-0.3, -0.25) is 5.41 Å². The van der Waals surface area contributed by atoms with Gasteiger partial charge < -0.3 is 4.74 Å². The highest BCUT2D eigenvalue weighted by Gasteiger charge is 2.30. The van der Waals surface area contributed by atoms with Crippen LogP contribution in [0.3, 0.4) is 0 Å². The topological polar surface area (TPSA) is 74.7 Å². The molecule has 0 fully saturated rings. The van der Waals surface area contributed by atoms with E-state index in [-0.39, 0.29) is 11.1 Å². The number of ether oxygens (including phenoxy) is 1. The van der Waals surface area contributed by atoms with Crippen LogP contribution >= 0.6 is 0 Å². The van der Waals surface area contributed by atoms with Crippen LogP contribution in [0, 0.1) is 16.7 Å². The van der Waals surface area contributed by atoms with Gasteiger partial charge in [-0.2, -0.15) is 10.4 Å². The molecule has 1 aliphatic heterocycles. The first-order chi connectivity index (χ1) is 10.9. The average molecular weight is 308 g/mol. The van der Waals surface area contributed by atoms with E-state index in [4.69, 9.17) is 10.1 Å². The Balaban J connectivity index is 2.21. The smallest absolute Gasteiger partial charge is 0.164 e. The molecular formula is C18H20N4O. The third-order valence-corrected chi connectivity index (χ3v) is 4.20. The second-order valence-corrected chi connectivity index (χ2v) is 6.42. The van der Waals surface area contributed by atoms with E-state index in [0.717, 1.165) is 23.4 Å². The van der Waals surface area contributed by atoms with Gasteiger partial charge in [0, 0.05) is 12.0 Å². The van der Waals surface area contributed by atoms with Crippen LogP contribution in [-0.2, 0) is 24.2 Å². The highest BCUT2D eigenvalue weighted by Crippen LogP contribution is 2.27.